The first-order valence-electron chi connectivity index (χ1n) is 16.1. The number of aryl methyl sites for hydroxylation is 1. The van der Waals surface area contributed by atoms with Gasteiger partial charge in [0.2, 0.25) is 11.7 Å². The first-order valence-corrected chi connectivity index (χ1v) is 16.1. The number of amides is 3. The van der Waals surface area contributed by atoms with Crippen LogP contribution in [0.3, 0.4) is 0 Å². The smallest absolute Gasteiger partial charge is 0.253 e. The van der Waals surface area contributed by atoms with Crippen molar-refractivity contribution >= 4 is 17.7 Å². The second-order valence-corrected chi connectivity index (χ2v) is 10.2. The van der Waals surface area contributed by atoms with Crippen LogP contribution in [0.15, 0.2) is 36.4 Å². The van der Waals surface area contributed by atoms with Crippen molar-refractivity contribution in [1.29, 1.82) is 0 Å². The van der Waals surface area contributed by atoms with E-state index in [2.05, 4.69) is 25.7 Å². The van der Waals surface area contributed by atoms with E-state index in [4.69, 9.17) is 37.9 Å². The molecule has 0 bridgehead atoms. The van der Waals surface area contributed by atoms with E-state index in [1.165, 1.54) is 12.2 Å². The van der Waals surface area contributed by atoms with Crippen LogP contribution in [0, 0.1) is 6.92 Å². The van der Waals surface area contributed by atoms with Crippen molar-refractivity contribution in [3.05, 3.63) is 42.2 Å². The summed E-state index contributed by atoms with van der Waals surface area (Å²) in [7, 11) is 0. The molecule has 270 valence electrons. The van der Waals surface area contributed by atoms with Crippen LogP contribution < -0.4 is 10.1 Å². The van der Waals surface area contributed by atoms with Crippen molar-refractivity contribution in [2.45, 2.75) is 13.3 Å². The van der Waals surface area contributed by atoms with Gasteiger partial charge in [0, 0.05) is 37.2 Å². The van der Waals surface area contributed by atoms with Gasteiger partial charge in [-0.15, -0.1) is 20.4 Å². The molecular formula is C32H46N6O11. The molecule has 0 saturated heterocycles. The molecule has 1 aromatic carbocycles. The molecule has 3 amide bonds. The topological polar surface area (TPSA) is 192 Å². The summed E-state index contributed by atoms with van der Waals surface area (Å²) in [6, 6.07) is 7.38. The molecule has 1 aliphatic rings. The van der Waals surface area contributed by atoms with Crippen molar-refractivity contribution < 1.29 is 52.3 Å². The Kier molecular flexibility index (Phi) is 20.2. The Morgan fingerprint density at radius 3 is 1.51 bits per heavy atom. The van der Waals surface area contributed by atoms with E-state index in [9.17, 15) is 14.4 Å². The quantitative estimate of drug-likeness (QED) is 0.0897. The highest BCUT2D eigenvalue weighted by Gasteiger charge is 2.23. The molecule has 0 unspecified atom stereocenters. The zero-order valence-electron chi connectivity index (χ0n) is 27.9. The second kappa shape index (κ2) is 25.1. The largest absolute Gasteiger partial charge is 0.491 e. The van der Waals surface area contributed by atoms with Crippen molar-refractivity contribution in [3.8, 4) is 17.1 Å². The highest BCUT2D eigenvalue weighted by atomic mass is 16.6. The Hall–Kier alpha value is -3.97. The van der Waals surface area contributed by atoms with Gasteiger partial charge in [-0.1, -0.05) is 0 Å². The van der Waals surface area contributed by atoms with Crippen molar-refractivity contribution in [2.24, 2.45) is 0 Å². The van der Waals surface area contributed by atoms with Gasteiger partial charge >= 0.3 is 0 Å². The fourth-order valence-corrected chi connectivity index (χ4v) is 3.95. The zero-order chi connectivity index (χ0) is 34.8. The predicted molar refractivity (Wildman–Crippen MR) is 173 cm³/mol. The predicted octanol–water partition coefficient (Wildman–Crippen LogP) is 0.168. The minimum Gasteiger partial charge on any atom is -0.491 e. The van der Waals surface area contributed by atoms with Gasteiger partial charge in [-0.3, -0.25) is 19.3 Å². The standard InChI is InChI=1S/C32H46N6O11/c1-26-34-36-32(37-35-26)27-2-4-28(5-3-27)49-25-24-48-23-22-47-21-20-46-19-18-45-17-16-44-15-14-43-13-12-42-11-9-33-29(39)8-10-38-30(40)6-7-31(38)41/h2-7H,8-25H2,1H3,(H,33,39). The van der Waals surface area contributed by atoms with E-state index in [1.807, 2.05) is 24.3 Å². The lowest BCUT2D eigenvalue weighted by atomic mass is 10.2. The van der Waals surface area contributed by atoms with Gasteiger partial charge in [0.15, 0.2) is 5.82 Å². The molecule has 1 N–H and O–H groups in total. The molecule has 0 aliphatic carbocycles. The fraction of sp³-hybridized carbons (Fsp3) is 0.594. The lowest BCUT2D eigenvalue weighted by molar-refractivity contribution is -0.137. The van der Waals surface area contributed by atoms with Gasteiger partial charge in [-0.25, -0.2) is 0 Å². The average Bonchev–Trinajstić information content (AvgIpc) is 3.43. The number of rotatable bonds is 29. The molecule has 2 heterocycles. The minimum absolute atomic E-state index is 0.0511. The summed E-state index contributed by atoms with van der Waals surface area (Å²) < 4.78 is 43.9. The highest BCUT2D eigenvalue weighted by molar-refractivity contribution is 6.13. The first kappa shape index (κ1) is 39.5. The number of benzene rings is 1. The van der Waals surface area contributed by atoms with Crippen LogP contribution in [0.2, 0.25) is 0 Å². The SMILES string of the molecule is Cc1nnc(-c2ccc(OCCOCCOCCOCCOCCOCCOCCOCCNC(=O)CCN3C(=O)C=CC3=O)cc2)nn1. The van der Waals surface area contributed by atoms with E-state index < -0.39 is 11.8 Å². The number of nitrogens with zero attached hydrogens (tertiary/aromatic N) is 5. The third-order valence-electron chi connectivity index (χ3n) is 6.45. The van der Waals surface area contributed by atoms with Crippen LogP contribution >= 0.6 is 0 Å². The monoisotopic (exact) mass is 690 g/mol. The number of ether oxygens (including phenoxy) is 8. The van der Waals surface area contributed by atoms with Gasteiger partial charge in [0.25, 0.3) is 11.8 Å². The number of carbonyl (C=O) groups excluding carboxylic acids is 3. The molecule has 17 nitrogen and oxygen atoms in total. The third kappa shape index (κ3) is 17.8. The van der Waals surface area contributed by atoms with Crippen LogP contribution in [0.4, 0.5) is 0 Å². The van der Waals surface area contributed by atoms with Gasteiger partial charge in [0.05, 0.1) is 92.5 Å². The summed E-state index contributed by atoms with van der Waals surface area (Å²) in [6.07, 6.45) is 2.44. The van der Waals surface area contributed by atoms with E-state index in [1.54, 1.807) is 6.92 Å². The van der Waals surface area contributed by atoms with Crippen LogP contribution in [0.1, 0.15) is 12.2 Å². The maximum Gasteiger partial charge on any atom is 0.253 e. The molecular weight excluding hydrogens is 644 g/mol. The maximum absolute atomic E-state index is 11.8. The number of nitrogens with one attached hydrogen (secondary N) is 1. The zero-order valence-corrected chi connectivity index (χ0v) is 27.9. The highest BCUT2D eigenvalue weighted by Crippen LogP contribution is 2.18. The van der Waals surface area contributed by atoms with E-state index >= 15 is 0 Å². The molecule has 0 spiro atoms. The lowest BCUT2D eigenvalue weighted by Gasteiger charge is -2.13. The maximum atomic E-state index is 11.8. The molecule has 0 saturated carbocycles. The third-order valence-corrected chi connectivity index (χ3v) is 6.45. The number of imide groups is 1. The summed E-state index contributed by atoms with van der Waals surface area (Å²) >= 11 is 0. The summed E-state index contributed by atoms with van der Waals surface area (Å²) in [6.45, 7) is 8.70. The molecule has 49 heavy (non-hydrogen) atoms. The Balaban J connectivity index is 0.963. The van der Waals surface area contributed by atoms with Crippen LogP contribution in [-0.4, -0.2) is 155 Å². The Morgan fingerprint density at radius 1 is 0.612 bits per heavy atom. The van der Waals surface area contributed by atoms with Gasteiger partial charge in [-0.2, -0.15) is 0 Å². The Bertz CT molecular complexity index is 1230. The number of aromatic nitrogens is 4. The fourth-order valence-electron chi connectivity index (χ4n) is 3.95. The second-order valence-electron chi connectivity index (χ2n) is 10.2. The van der Waals surface area contributed by atoms with Crippen molar-refractivity contribution in [3.63, 3.8) is 0 Å². The van der Waals surface area contributed by atoms with Crippen LogP contribution in [0.25, 0.3) is 11.4 Å². The van der Waals surface area contributed by atoms with Gasteiger partial charge in [-0.05, 0) is 31.2 Å². The molecule has 1 aliphatic heterocycles. The van der Waals surface area contributed by atoms with E-state index in [0.29, 0.717) is 117 Å². The van der Waals surface area contributed by atoms with E-state index in [-0.39, 0.29) is 18.9 Å². The van der Waals surface area contributed by atoms with Gasteiger partial charge < -0.3 is 43.2 Å². The van der Waals surface area contributed by atoms with Gasteiger partial charge in [0.1, 0.15) is 12.4 Å². The molecule has 0 fully saturated rings. The summed E-state index contributed by atoms with van der Waals surface area (Å²) in [5.41, 5.74) is 0.812. The first-order chi connectivity index (χ1) is 24.0. The number of carbonyl (C=O) groups is 3. The molecule has 2 aromatic rings. The summed E-state index contributed by atoms with van der Waals surface area (Å²) in [5, 5.41) is 18.5. The average molecular weight is 691 g/mol. The number of hydrogen-bond donors (Lipinski definition) is 1. The molecule has 1 aromatic heterocycles. The van der Waals surface area contributed by atoms with Crippen LogP contribution in [0.5, 0.6) is 5.75 Å². The van der Waals surface area contributed by atoms with Crippen molar-refractivity contribution in [1.82, 2.24) is 30.6 Å². The van der Waals surface area contributed by atoms with Crippen LogP contribution in [-0.2, 0) is 47.5 Å². The number of hydrogen-bond acceptors (Lipinski definition) is 15. The Labute approximate surface area is 285 Å². The molecule has 0 atom stereocenters. The molecule has 0 radical (unpaired) electrons. The molecule has 3 rings (SSSR count). The minimum atomic E-state index is -0.398. The molecule has 17 heteroatoms. The Morgan fingerprint density at radius 2 is 1.04 bits per heavy atom. The van der Waals surface area contributed by atoms with Crippen molar-refractivity contribution in [2.75, 3.05) is 112 Å². The summed E-state index contributed by atoms with van der Waals surface area (Å²) in [4.78, 5) is 35.7. The van der Waals surface area contributed by atoms with E-state index in [0.717, 1.165) is 16.2 Å². The normalized spacial score (nSPS) is 12.6. The summed E-state index contributed by atoms with van der Waals surface area (Å²) in [5.74, 6) is 0.659. The lowest BCUT2D eigenvalue weighted by Crippen LogP contribution is -2.35.